The van der Waals surface area contributed by atoms with Gasteiger partial charge in [0, 0.05) is 5.69 Å². The first-order valence-corrected chi connectivity index (χ1v) is 11.8. The Labute approximate surface area is 180 Å². The molecule has 0 saturated heterocycles. The molecule has 4 N–H and O–H groups in total. The van der Waals surface area contributed by atoms with Gasteiger partial charge in [0.05, 0.1) is 10.5 Å². The number of urea groups is 1. The first-order valence-electron chi connectivity index (χ1n) is 10.2. The number of fused-ring (bicyclic) bond motifs is 2. The highest BCUT2D eigenvalue weighted by molar-refractivity contribution is 7.91. The van der Waals surface area contributed by atoms with Crippen molar-refractivity contribution in [1.82, 2.24) is 0 Å². The quantitative estimate of drug-likeness (QED) is 0.657. The molecule has 4 rings (SSSR count). The number of carbonyl (C=O) groups is 1. The summed E-state index contributed by atoms with van der Waals surface area (Å²) < 4.78 is 45.4. The van der Waals surface area contributed by atoms with Crippen LogP contribution in [0.5, 0.6) is 0 Å². The highest BCUT2D eigenvalue weighted by atomic mass is 32.2. The van der Waals surface area contributed by atoms with Gasteiger partial charge in [0.1, 0.15) is 21.5 Å². The lowest BCUT2D eigenvalue weighted by atomic mass is 9.98. The van der Waals surface area contributed by atoms with Crippen LogP contribution in [0.4, 0.5) is 19.3 Å². The molecule has 2 aromatic rings. The summed E-state index contributed by atoms with van der Waals surface area (Å²) in [5.41, 5.74) is 2.09. The lowest BCUT2D eigenvalue weighted by molar-refractivity contribution is 0.0780. The second-order valence-corrected chi connectivity index (χ2v) is 10.4. The third kappa shape index (κ3) is 4.09. The fourth-order valence-electron chi connectivity index (χ4n) is 4.43. The molecule has 0 aliphatic heterocycles. The van der Waals surface area contributed by atoms with E-state index in [-0.39, 0.29) is 16.3 Å². The predicted molar refractivity (Wildman–Crippen MR) is 114 cm³/mol. The summed E-state index contributed by atoms with van der Waals surface area (Å²) in [6, 6.07) is 2.37. The highest BCUT2D eigenvalue weighted by Gasteiger charge is 2.30. The summed E-state index contributed by atoms with van der Waals surface area (Å²) in [4.78, 5) is 12.5. The zero-order valence-electron chi connectivity index (χ0n) is 17.4. The van der Waals surface area contributed by atoms with Gasteiger partial charge < -0.3 is 10.4 Å². The number of anilines is 1. The Balaban J connectivity index is 1.72. The molecular formula is C22H25F2N3O3S. The van der Waals surface area contributed by atoms with E-state index < -0.39 is 27.4 Å². The van der Waals surface area contributed by atoms with Crippen LogP contribution in [0.25, 0.3) is 0 Å². The van der Waals surface area contributed by atoms with Gasteiger partial charge in [0.25, 0.3) is 0 Å². The largest absolute Gasteiger partial charge is 0.386 e. The average molecular weight is 450 g/mol. The number of nitrogens with one attached hydrogen (secondary N) is 1. The van der Waals surface area contributed by atoms with Crippen molar-refractivity contribution in [3.05, 3.63) is 57.7 Å². The molecule has 1 atom stereocenters. The number of hydrogen-bond donors (Lipinski definition) is 3. The first-order chi connectivity index (χ1) is 14.5. The van der Waals surface area contributed by atoms with Crippen molar-refractivity contribution < 1.29 is 22.9 Å². The molecule has 0 heterocycles. The van der Waals surface area contributed by atoms with Crippen molar-refractivity contribution in [2.24, 2.45) is 9.50 Å². The van der Waals surface area contributed by atoms with Gasteiger partial charge in [-0.15, -0.1) is 4.36 Å². The number of halogens is 2. The Hall–Kier alpha value is -2.36. The standard InChI is InChI=1S/C22H25F2N3O3S/c1-22(2,29)12-9-13(23)11-14(10-12)31(25,30)27-21(28)26-20-17-7-3-5-15(17)19(24)16-6-4-8-18(16)20/h9-11,29H,3-8H2,1-2H3,(H3,25,26,27,28,30). The number of nitrogens with zero attached hydrogens (tertiary/aromatic N) is 1. The highest BCUT2D eigenvalue weighted by Crippen LogP contribution is 2.41. The number of carbonyl (C=O) groups excluding carboxylic acids is 1. The van der Waals surface area contributed by atoms with Crippen LogP contribution in [0.1, 0.15) is 54.5 Å². The van der Waals surface area contributed by atoms with Gasteiger partial charge in [-0.25, -0.2) is 22.9 Å². The van der Waals surface area contributed by atoms with Crippen molar-refractivity contribution in [2.75, 3.05) is 5.32 Å². The van der Waals surface area contributed by atoms with Crippen LogP contribution < -0.4 is 10.5 Å². The van der Waals surface area contributed by atoms with Gasteiger partial charge in [-0.1, -0.05) is 0 Å². The monoisotopic (exact) mass is 449 g/mol. The SMILES string of the molecule is CC(C)(O)c1cc(F)cc(S(N)(=O)=NC(=O)Nc2c3c(c(F)c4c2CCC4)CCC3)c1. The van der Waals surface area contributed by atoms with E-state index in [4.69, 9.17) is 5.14 Å². The van der Waals surface area contributed by atoms with Gasteiger partial charge in [-0.05, 0) is 98.4 Å². The fourth-order valence-corrected chi connectivity index (χ4v) is 5.40. The molecule has 0 radical (unpaired) electrons. The molecular weight excluding hydrogens is 424 g/mol. The molecule has 0 saturated carbocycles. The summed E-state index contributed by atoms with van der Waals surface area (Å²) in [5, 5.41) is 18.6. The summed E-state index contributed by atoms with van der Waals surface area (Å²) in [7, 11) is -3.78. The number of benzene rings is 2. The minimum Gasteiger partial charge on any atom is -0.386 e. The normalized spacial score (nSPS) is 17.1. The van der Waals surface area contributed by atoms with Gasteiger partial charge in [0.2, 0.25) is 0 Å². The lowest BCUT2D eigenvalue weighted by Crippen LogP contribution is -2.21. The van der Waals surface area contributed by atoms with Crippen molar-refractivity contribution in [1.29, 1.82) is 0 Å². The summed E-state index contributed by atoms with van der Waals surface area (Å²) in [6.45, 7) is 2.90. The van der Waals surface area contributed by atoms with Gasteiger partial charge in [-0.3, -0.25) is 0 Å². The van der Waals surface area contributed by atoms with E-state index in [0.29, 0.717) is 42.5 Å². The minimum atomic E-state index is -3.78. The van der Waals surface area contributed by atoms with E-state index in [0.717, 1.165) is 36.1 Å². The maximum atomic E-state index is 14.8. The van der Waals surface area contributed by atoms with E-state index in [1.807, 2.05) is 0 Å². The van der Waals surface area contributed by atoms with Crippen LogP contribution in [0.3, 0.4) is 0 Å². The Morgan fingerprint density at radius 3 is 2.16 bits per heavy atom. The molecule has 1 unspecified atom stereocenters. The maximum absolute atomic E-state index is 14.8. The number of aliphatic hydroxyl groups is 1. The molecule has 0 bridgehead atoms. The van der Waals surface area contributed by atoms with Crippen LogP contribution in [0.2, 0.25) is 0 Å². The summed E-state index contributed by atoms with van der Waals surface area (Å²) in [5.74, 6) is -0.922. The fraction of sp³-hybridized carbons (Fsp3) is 0.409. The second-order valence-electron chi connectivity index (χ2n) is 8.64. The van der Waals surface area contributed by atoms with Crippen LogP contribution in [-0.4, -0.2) is 15.3 Å². The molecule has 31 heavy (non-hydrogen) atoms. The van der Waals surface area contributed by atoms with Crippen LogP contribution in [0, 0.1) is 11.6 Å². The van der Waals surface area contributed by atoms with E-state index >= 15 is 0 Å². The molecule has 2 aliphatic rings. The second kappa shape index (κ2) is 7.65. The van der Waals surface area contributed by atoms with E-state index in [9.17, 15) is 22.9 Å². The Morgan fingerprint density at radius 2 is 1.61 bits per heavy atom. The molecule has 9 heteroatoms. The van der Waals surface area contributed by atoms with Gasteiger partial charge in [-0.2, -0.15) is 0 Å². The Morgan fingerprint density at radius 1 is 1.06 bits per heavy atom. The molecule has 0 aromatic heterocycles. The molecule has 2 aliphatic carbocycles. The topological polar surface area (TPSA) is 105 Å². The molecule has 0 fully saturated rings. The van der Waals surface area contributed by atoms with Gasteiger partial charge >= 0.3 is 6.03 Å². The third-order valence-corrected chi connectivity index (χ3v) is 7.28. The van der Waals surface area contributed by atoms with Gasteiger partial charge in [0.15, 0.2) is 0 Å². The zero-order chi connectivity index (χ0) is 22.6. The lowest BCUT2D eigenvalue weighted by Gasteiger charge is -2.19. The predicted octanol–water partition coefficient (Wildman–Crippen LogP) is 4.10. The van der Waals surface area contributed by atoms with Crippen molar-refractivity contribution in [2.45, 2.75) is 62.9 Å². The Bertz CT molecular complexity index is 1180. The maximum Gasteiger partial charge on any atom is 0.354 e. The molecule has 2 aromatic carbocycles. The molecule has 6 nitrogen and oxygen atoms in total. The van der Waals surface area contributed by atoms with Crippen molar-refractivity contribution >= 4 is 21.6 Å². The Kier molecular flexibility index (Phi) is 5.39. The zero-order valence-corrected chi connectivity index (χ0v) is 18.2. The number of amides is 2. The summed E-state index contributed by atoms with van der Waals surface area (Å²) >= 11 is 0. The third-order valence-electron chi connectivity index (χ3n) is 5.94. The van der Waals surface area contributed by atoms with Crippen LogP contribution >= 0.6 is 0 Å². The average Bonchev–Trinajstić information content (AvgIpc) is 3.33. The molecule has 2 amide bonds. The van der Waals surface area contributed by atoms with E-state index in [1.54, 1.807) is 0 Å². The first kappa shape index (κ1) is 21.9. The smallest absolute Gasteiger partial charge is 0.354 e. The molecule has 0 spiro atoms. The van der Waals surface area contributed by atoms with Crippen molar-refractivity contribution in [3.8, 4) is 0 Å². The number of rotatable bonds is 3. The molecule has 166 valence electrons. The summed E-state index contributed by atoms with van der Waals surface area (Å²) in [6.07, 6.45) is 4.12. The number of nitrogens with two attached hydrogens (primary N) is 1. The van der Waals surface area contributed by atoms with Crippen LogP contribution in [-0.2, 0) is 41.2 Å². The minimum absolute atomic E-state index is 0.158. The van der Waals surface area contributed by atoms with Crippen LogP contribution in [0.15, 0.2) is 27.5 Å². The van der Waals surface area contributed by atoms with E-state index in [2.05, 4.69) is 9.68 Å². The van der Waals surface area contributed by atoms with E-state index in [1.165, 1.54) is 19.9 Å². The number of hydrogen-bond acceptors (Lipinski definition) is 3. The van der Waals surface area contributed by atoms with Crippen molar-refractivity contribution in [3.63, 3.8) is 0 Å².